The summed E-state index contributed by atoms with van der Waals surface area (Å²) in [5, 5.41) is 5.54. The molecule has 2 N–H and O–H groups in total. The van der Waals surface area contributed by atoms with Gasteiger partial charge in [-0.3, -0.25) is 9.59 Å². The summed E-state index contributed by atoms with van der Waals surface area (Å²) in [7, 11) is 0. The van der Waals surface area contributed by atoms with Crippen LogP contribution in [-0.4, -0.2) is 23.4 Å². The fourth-order valence-corrected chi connectivity index (χ4v) is 2.97. The number of aromatic nitrogens is 1. The van der Waals surface area contributed by atoms with Crippen LogP contribution in [-0.2, 0) is 16.0 Å². The summed E-state index contributed by atoms with van der Waals surface area (Å²) in [5.41, 5.74) is 3.63. The summed E-state index contributed by atoms with van der Waals surface area (Å²) in [5.74, 6) is 1.07. The summed E-state index contributed by atoms with van der Waals surface area (Å²) in [4.78, 5) is 28.4. The first-order valence-electron chi connectivity index (χ1n) is 8.88. The topological polar surface area (TPSA) is 93.5 Å². The van der Waals surface area contributed by atoms with Crippen LogP contribution >= 0.6 is 0 Å². The standard InChI is InChI=1S/C21H19N3O4/c1-12-6-8-14(9-7-12)21-24-17(13(2)28-21)10-18(25)22-15-4-3-5-16-20(15)27-11-19(26)23-16/h3-9H,10-11H2,1-2H3,(H,22,25)(H,23,26). The van der Waals surface area contributed by atoms with Gasteiger partial charge in [-0.15, -0.1) is 0 Å². The number of para-hydroxylation sites is 1. The maximum Gasteiger partial charge on any atom is 0.262 e. The highest BCUT2D eigenvalue weighted by Gasteiger charge is 2.21. The molecular formula is C21H19N3O4. The molecule has 0 aliphatic carbocycles. The first-order chi connectivity index (χ1) is 13.5. The molecule has 2 aromatic carbocycles. The van der Waals surface area contributed by atoms with Gasteiger partial charge in [0.2, 0.25) is 11.8 Å². The van der Waals surface area contributed by atoms with Crippen LogP contribution < -0.4 is 15.4 Å². The van der Waals surface area contributed by atoms with Crippen molar-refractivity contribution in [2.24, 2.45) is 0 Å². The lowest BCUT2D eigenvalue weighted by atomic mass is 10.1. The summed E-state index contributed by atoms with van der Waals surface area (Å²) in [6, 6.07) is 13.0. The lowest BCUT2D eigenvalue weighted by Crippen LogP contribution is -2.26. The minimum absolute atomic E-state index is 0.0667. The van der Waals surface area contributed by atoms with Gasteiger partial charge in [-0.05, 0) is 38.1 Å². The number of hydrogen-bond acceptors (Lipinski definition) is 5. The largest absolute Gasteiger partial charge is 0.479 e. The molecule has 4 rings (SSSR count). The van der Waals surface area contributed by atoms with E-state index in [0.29, 0.717) is 34.5 Å². The molecule has 3 aromatic rings. The third kappa shape index (κ3) is 3.59. The van der Waals surface area contributed by atoms with Crippen molar-refractivity contribution >= 4 is 23.2 Å². The number of ether oxygens (including phenoxy) is 1. The number of anilines is 2. The average molecular weight is 377 g/mol. The van der Waals surface area contributed by atoms with Crippen molar-refractivity contribution in [3.63, 3.8) is 0 Å². The Kier molecular flexibility index (Phi) is 4.57. The third-order valence-corrected chi connectivity index (χ3v) is 4.43. The molecule has 0 radical (unpaired) electrons. The number of amides is 2. The number of oxazole rings is 1. The Morgan fingerprint density at radius 1 is 1.18 bits per heavy atom. The highest BCUT2D eigenvalue weighted by Crippen LogP contribution is 2.35. The molecule has 1 aliphatic heterocycles. The van der Waals surface area contributed by atoms with Gasteiger partial charge in [0.05, 0.1) is 23.5 Å². The molecule has 1 aromatic heterocycles. The number of aryl methyl sites for hydroxylation is 2. The number of hydrogen-bond donors (Lipinski definition) is 2. The second kappa shape index (κ2) is 7.19. The summed E-state index contributed by atoms with van der Waals surface area (Å²) in [6.45, 7) is 3.72. The van der Waals surface area contributed by atoms with Gasteiger partial charge in [-0.25, -0.2) is 4.98 Å². The van der Waals surface area contributed by atoms with Crippen molar-refractivity contribution in [2.45, 2.75) is 20.3 Å². The number of nitrogens with one attached hydrogen (secondary N) is 2. The molecule has 7 heteroatoms. The van der Waals surface area contributed by atoms with E-state index in [1.165, 1.54) is 0 Å². The molecule has 0 saturated carbocycles. The van der Waals surface area contributed by atoms with E-state index in [1.54, 1.807) is 25.1 Å². The van der Waals surface area contributed by atoms with E-state index in [1.807, 2.05) is 31.2 Å². The fraction of sp³-hybridized carbons (Fsp3) is 0.190. The van der Waals surface area contributed by atoms with Crippen LogP contribution in [0.2, 0.25) is 0 Å². The number of carbonyl (C=O) groups is 2. The molecule has 0 unspecified atom stereocenters. The van der Waals surface area contributed by atoms with Crippen LogP contribution in [0.3, 0.4) is 0 Å². The Morgan fingerprint density at radius 3 is 2.75 bits per heavy atom. The monoisotopic (exact) mass is 377 g/mol. The molecule has 7 nitrogen and oxygen atoms in total. The quantitative estimate of drug-likeness (QED) is 0.726. The SMILES string of the molecule is Cc1ccc(-c2nc(CC(=O)Nc3cccc4c3OCC(=O)N4)c(C)o2)cc1. The molecule has 1 aliphatic rings. The lowest BCUT2D eigenvalue weighted by molar-refractivity contribution is -0.118. The second-order valence-electron chi connectivity index (χ2n) is 6.63. The van der Waals surface area contributed by atoms with Crippen LogP contribution in [0.1, 0.15) is 17.0 Å². The predicted molar refractivity (Wildman–Crippen MR) is 104 cm³/mol. The summed E-state index contributed by atoms with van der Waals surface area (Å²) in [6.07, 6.45) is 0.0667. The zero-order valence-electron chi connectivity index (χ0n) is 15.5. The molecular weight excluding hydrogens is 358 g/mol. The highest BCUT2D eigenvalue weighted by atomic mass is 16.5. The second-order valence-corrected chi connectivity index (χ2v) is 6.63. The Bertz CT molecular complexity index is 1050. The Labute approximate surface area is 161 Å². The minimum Gasteiger partial charge on any atom is -0.479 e. The molecule has 0 spiro atoms. The molecule has 0 saturated heterocycles. The fourth-order valence-electron chi connectivity index (χ4n) is 2.97. The third-order valence-electron chi connectivity index (χ3n) is 4.43. The van der Waals surface area contributed by atoms with Crippen LogP contribution in [0.25, 0.3) is 11.5 Å². The zero-order valence-corrected chi connectivity index (χ0v) is 15.5. The van der Waals surface area contributed by atoms with Crippen LogP contribution in [0, 0.1) is 13.8 Å². The average Bonchev–Trinajstić information content (AvgIpc) is 3.02. The first kappa shape index (κ1) is 17.8. The van der Waals surface area contributed by atoms with Gasteiger partial charge < -0.3 is 19.8 Å². The van der Waals surface area contributed by atoms with Gasteiger partial charge >= 0.3 is 0 Å². The number of carbonyl (C=O) groups excluding carboxylic acids is 2. The molecule has 0 atom stereocenters. The molecule has 28 heavy (non-hydrogen) atoms. The number of fused-ring (bicyclic) bond motifs is 1. The van der Waals surface area contributed by atoms with Gasteiger partial charge in [-0.1, -0.05) is 23.8 Å². The van der Waals surface area contributed by atoms with Gasteiger partial charge in [0.15, 0.2) is 12.4 Å². The minimum atomic E-state index is -0.249. The van der Waals surface area contributed by atoms with Crippen molar-refractivity contribution in [1.29, 1.82) is 0 Å². The van der Waals surface area contributed by atoms with E-state index >= 15 is 0 Å². The van der Waals surface area contributed by atoms with Crippen LogP contribution in [0.4, 0.5) is 11.4 Å². The van der Waals surface area contributed by atoms with Gasteiger partial charge in [0, 0.05) is 5.56 Å². The molecule has 2 amide bonds. The van der Waals surface area contributed by atoms with E-state index < -0.39 is 0 Å². The number of nitrogens with zero attached hydrogens (tertiary/aromatic N) is 1. The molecule has 0 bridgehead atoms. The van der Waals surface area contributed by atoms with Crippen LogP contribution in [0.15, 0.2) is 46.9 Å². The normalized spacial score (nSPS) is 12.7. The van der Waals surface area contributed by atoms with Crippen molar-refractivity contribution in [2.75, 3.05) is 17.2 Å². The maximum absolute atomic E-state index is 12.5. The summed E-state index contributed by atoms with van der Waals surface area (Å²) >= 11 is 0. The lowest BCUT2D eigenvalue weighted by Gasteiger charge is -2.20. The molecule has 142 valence electrons. The Morgan fingerprint density at radius 2 is 1.96 bits per heavy atom. The van der Waals surface area contributed by atoms with E-state index in [-0.39, 0.29) is 24.8 Å². The summed E-state index contributed by atoms with van der Waals surface area (Å²) < 4.78 is 11.2. The van der Waals surface area contributed by atoms with Gasteiger partial charge in [0.1, 0.15) is 5.76 Å². The van der Waals surface area contributed by atoms with E-state index in [2.05, 4.69) is 15.6 Å². The Balaban J connectivity index is 1.50. The van der Waals surface area contributed by atoms with Crippen molar-refractivity contribution in [3.05, 3.63) is 59.5 Å². The predicted octanol–water partition coefficient (Wildman–Crippen LogP) is 3.47. The van der Waals surface area contributed by atoms with Crippen molar-refractivity contribution < 1.29 is 18.7 Å². The Hall–Kier alpha value is -3.61. The van der Waals surface area contributed by atoms with Crippen molar-refractivity contribution in [3.8, 4) is 17.2 Å². The highest BCUT2D eigenvalue weighted by molar-refractivity contribution is 6.00. The number of benzene rings is 2. The first-order valence-corrected chi connectivity index (χ1v) is 8.88. The van der Waals surface area contributed by atoms with Crippen LogP contribution in [0.5, 0.6) is 5.75 Å². The van der Waals surface area contributed by atoms with Gasteiger partial charge in [0.25, 0.3) is 5.91 Å². The molecule has 2 heterocycles. The van der Waals surface area contributed by atoms with E-state index in [0.717, 1.165) is 11.1 Å². The van der Waals surface area contributed by atoms with E-state index in [4.69, 9.17) is 9.15 Å². The zero-order chi connectivity index (χ0) is 19.7. The number of rotatable bonds is 4. The maximum atomic E-state index is 12.5. The van der Waals surface area contributed by atoms with Crippen molar-refractivity contribution in [1.82, 2.24) is 4.98 Å². The van der Waals surface area contributed by atoms with E-state index in [9.17, 15) is 9.59 Å². The van der Waals surface area contributed by atoms with Gasteiger partial charge in [-0.2, -0.15) is 0 Å². The smallest absolute Gasteiger partial charge is 0.262 e. The molecule has 0 fully saturated rings.